The van der Waals surface area contributed by atoms with E-state index in [0.717, 1.165) is 24.3 Å². The van der Waals surface area contributed by atoms with Gasteiger partial charge in [-0.05, 0) is 31.2 Å². The second-order valence-electron chi connectivity index (χ2n) is 3.77. The zero-order valence-electron chi connectivity index (χ0n) is 8.85. The Kier molecular flexibility index (Phi) is 3.11. The fraction of sp³-hybridized carbons (Fsp3) is 0.500. The Bertz CT molecular complexity index is 301. The number of hydrogen-bond acceptors (Lipinski definition) is 3. The Balaban J connectivity index is 1.87. The van der Waals surface area contributed by atoms with Gasteiger partial charge >= 0.3 is 0 Å². The molecule has 3 nitrogen and oxygen atoms in total. The minimum absolute atomic E-state index is 0.169. The largest absolute Gasteiger partial charge is 0.494 e. The fourth-order valence-electron chi connectivity index (χ4n) is 1.61. The molecule has 1 N–H and O–H groups in total. The van der Waals surface area contributed by atoms with Crippen LogP contribution in [0.4, 0.5) is 0 Å². The lowest BCUT2D eigenvalue weighted by Crippen LogP contribution is -2.37. The summed E-state index contributed by atoms with van der Waals surface area (Å²) in [6.45, 7) is 2.63. The summed E-state index contributed by atoms with van der Waals surface area (Å²) >= 11 is 0. The van der Waals surface area contributed by atoms with Crippen molar-refractivity contribution in [3.05, 3.63) is 24.3 Å². The van der Waals surface area contributed by atoms with Crippen LogP contribution in [0.2, 0.25) is 0 Å². The molecule has 0 saturated heterocycles. The lowest BCUT2D eigenvalue weighted by molar-refractivity contribution is -0.0108. The van der Waals surface area contributed by atoms with Crippen molar-refractivity contribution in [3.63, 3.8) is 0 Å². The Morgan fingerprint density at radius 3 is 2.33 bits per heavy atom. The van der Waals surface area contributed by atoms with E-state index < -0.39 is 0 Å². The number of benzene rings is 1. The van der Waals surface area contributed by atoms with E-state index >= 15 is 0 Å². The fourth-order valence-corrected chi connectivity index (χ4v) is 1.61. The molecule has 0 amide bonds. The smallest absolute Gasteiger partial charge is 0.119 e. The first-order valence-corrected chi connectivity index (χ1v) is 5.35. The number of aliphatic hydroxyl groups excluding tert-OH is 1. The summed E-state index contributed by atoms with van der Waals surface area (Å²) in [6.07, 6.45) is 1.50. The molecule has 15 heavy (non-hydrogen) atoms. The Morgan fingerprint density at radius 1 is 1.20 bits per heavy atom. The molecule has 0 heterocycles. The molecule has 1 aliphatic carbocycles. The SMILES string of the molecule is CCOc1ccc(OC2CC(O)C2)cc1. The molecule has 1 aliphatic rings. The zero-order chi connectivity index (χ0) is 10.7. The first kappa shape index (κ1) is 10.3. The van der Waals surface area contributed by atoms with E-state index in [2.05, 4.69) is 0 Å². The topological polar surface area (TPSA) is 38.7 Å². The molecule has 0 unspecified atom stereocenters. The Morgan fingerprint density at radius 2 is 1.80 bits per heavy atom. The molecular formula is C12H16O3. The maximum Gasteiger partial charge on any atom is 0.119 e. The molecule has 1 saturated carbocycles. The van der Waals surface area contributed by atoms with E-state index in [9.17, 15) is 0 Å². The standard InChI is InChI=1S/C12H16O3/c1-2-14-10-3-5-11(6-4-10)15-12-7-9(13)8-12/h3-6,9,12-13H,2,7-8H2,1H3. The van der Waals surface area contributed by atoms with Crippen LogP contribution in [0.25, 0.3) is 0 Å². The molecule has 82 valence electrons. The summed E-state index contributed by atoms with van der Waals surface area (Å²) in [4.78, 5) is 0. The average molecular weight is 208 g/mol. The third-order valence-electron chi connectivity index (χ3n) is 2.51. The van der Waals surface area contributed by atoms with Gasteiger partial charge in [-0.15, -0.1) is 0 Å². The summed E-state index contributed by atoms with van der Waals surface area (Å²) in [6, 6.07) is 7.59. The quantitative estimate of drug-likeness (QED) is 0.822. The van der Waals surface area contributed by atoms with Gasteiger partial charge in [-0.25, -0.2) is 0 Å². The van der Waals surface area contributed by atoms with E-state index in [0.29, 0.717) is 6.61 Å². The Labute approximate surface area is 89.6 Å². The summed E-state index contributed by atoms with van der Waals surface area (Å²) in [5.41, 5.74) is 0. The van der Waals surface area contributed by atoms with Gasteiger partial charge in [-0.2, -0.15) is 0 Å². The van der Waals surface area contributed by atoms with Crippen LogP contribution in [-0.2, 0) is 0 Å². The number of rotatable bonds is 4. The van der Waals surface area contributed by atoms with Gasteiger partial charge < -0.3 is 14.6 Å². The summed E-state index contributed by atoms with van der Waals surface area (Å²) in [7, 11) is 0. The molecule has 0 atom stereocenters. The monoisotopic (exact) mass is 208 g/mol. The van der Waals surface area contributed by atoms with E-state index in [1.54, 1.807) is 0 Å². The molecular weight excluding hydrogens is 192 g/mol. The highest BCUT2D eigenvalue weighted by Crippen LogP contribution is 2.26. The van der Waals surface area contributed by atoms with Crippen molar-refractivity contribution in [2.75, 3.05) is 6.61 Å². The molecule has 0 spiro atoms. The van der Waals surface area contributed by atoms with Gasteiger partial charge in [0.05, 0.1) is 12.7 Å². The normalized spacial score (nSPS) is 24.4. The predicted molar refractivity (Wildman–Crippen MR) is 57.3 cm³/mol. The van der Waals surface area contributed by atoms with E-state index in [-0.39, 0.29) is 12.2 Å². The van der Waals surface area contributed by atoms with Crippen LogP contribution in [0.1, 0.15) is 19.8 Å². The first-order chi connectivity index (χ1) is 7.28. The number of ether oxygens (including phenoxy) is 2. The van der Waals surface area contributed by atoms with E-state index in [1.165, 1.54) is 0 Å². The van der Waals surface area contributed by atoms with Crippen LogP contribution in [0.3, 0.4) is 0 Å². The minimum atomic E-state index is -0.169. The van der Waals surface area contributed by atoms with Gasteiger partial charge in [0.25, 0.3) is 0 Å². The van der Waals surface area contributed by atoms with Gasteiger partial charge in [0.2, 0.25) is 0 Å². The van der Waals surface area contributed by atoms with Gasteiger partial charge in [0.1, 0.15) is 17.6 Å². The van der Waals surface area contributed by atoms with Crippen molar-refractivity contribution in [3.8, 4) is 11.5 Å². The summed E-state index contributed by atoms with van der Waals surface area (Å²) < 4.78 is 11.0. The van der Waals surface area contributed by atoms with E-state index in [1.807, 2.05) is 31.2 Å². The maximum atomic E-state index is 9.11. The van der Waals surface area contributed by atoms with Crippen molar-refractivity contribution in [1.82, 2.24) is 0 Å². The highest BCUT2D eigenvalue weighted by atomic mass is 16.5. The van der Waals surface area contributed by atoms with Crippen LogP contribution in [0.5, 0.6) is 11.5 Å². The molecule has 0 bridgehead atoms. The summed E-state index contributed by atoms with van der Waals surface area (Å²) in [5.74, 6) is 1.70. The first-order valence-electron chi connectivity index (χ1n) is 5.35. The van der Waals surface area contributed by atoms with Crippen molar-refractivity contribution in [2.24, 2.45) is 0 Å². The number of hydrogen-bond donors (Lipinski definition) is 1. The molecule has 1 fully saturated rings. The lowest BCUT2D eigenvalue weighted by Gasteiger charge is -2.31. The molecule has 0 radical (unpaired) electrons. The maximum absolute atomic E-state index is 9.11. The molecule has 0 aromatic heterocycles. The van der Waals surface area contributed by atoms with Crippen molar-refractivity contribution in [2.45, 2.75) is 32.0 Å². The van der Waals surface area contributed by atoms with Crippen molar-refractivity contribution in [1.29, 1.82) is 0 Å². The third-order valence-corrected chi connectivity index (χ3v) is 2.51. The number of aliphatic hydroxyl groups is 1. The lowest BCUT2D eigenvalue weighted by atomic mass is 9.92. The predicted octanol–water partition coefficient (Wildman–Crippen LogP) is 1.99. The molecule has 1 aromatic rings. The molecule has 1 aromatic carbocycles. The average Bonchev–Trinajstić information content (AvgIpc) is 2.19. The molecule has 3 heteroatoms. The third kappa shape index (κ3) is 2.63. The van der Waals surface area contributed by atoms with E-state index in [4.69, 9.17) is 14.6 Å². The van der Waals surface area contributed by atoms with Crippen LogP contribution in [0, 0.1) is 0 Å². The van der Waals surface area contributed by atoms with Gasteiger partial charge in [-0.3, -0.25) is 0 Å². The zero-order valence-corrected chi connectivity index (χ0v) is 8.85. The van der Waals surface area contributed by atoms with Crippen LogP contribution in [-0.4, -0.2) is 23.9 Å². The van der Waals surface area contributed by atoms with Gasteiger partial charge in [0.15, 0.2) is 0 Å². The second-order valence-corrected chi connectivity index (χ2v) is 3.77. The van der Waals surface area contributed by atoms with Crippen molar-refractivity contribution >= 4 is 0 Å². The Hall–Kier alpha value is -1.22. The van der Waals surface area contributed by atoms with Gasteiger partial charge in [0, 0.05) is 12.8 Å². The van der Waals surface area contributed by atoms with Crippen LogP contribution in [0.15, 0.2) is 24.3 Å². The van der Waals surface area contributed by atoms with Crippen molar-refractivity contribution < 1.29 is 14.6 Å². The van der Waals surface area contributed by atoms with Crippen LogP contribution < -0.4 is 9.47 Å². The second kappa shape index (κ2) is 4.53. The molecule has 2 rings (SSSR count). The molecule has 0 aliphatic heterocycles. The van der Waals surface area contributed by atoms with Crippen LogP contribution >= 0.6 is 0 Å². The minimum Gasteiger partial charge on any atom is -0.494 e. The van der Waals surface area contributed by atoms with Gasteiger partial charge in [-0.1, -0.05) is 0 Å². The highest BCUT2D eigenvalue weighted by Gasteiger charge is 2.28. The summed E-state index contributed by atoms with van der Waals surface area (Å²) in [5, 5.41) is 9.11. The highest BCUT2D eigenvalue weighted by molar-refractivity contribution is 5.31.